The van der Waals surface area contributed by atoms with Crippen LogP contribution in [-0.4, -0.2) is 46.0 Å². The number of rotatable bonds is 8. The van der Waals surface area contributed by atoms with Crippen molar-refractivity contribution >= 4 is 23.8 Å². The zero-order valence-corrected chi connectivity index (χ0v) is 18.2. The molecule has 1 saturated carbocycles. The molecule has 0 radical (unpaired) electrons. The first-order valence-corrected chi connectivity index (χ1v) is 10.6. The van der Waals surface area contributed by atoms with Crippen molar-refractivity contribution in [2.75, 3.05) is 18.1 Å². The minimum absolute atomic E-state index is 0.0195. The summed E-state index contributed by atoms with van der Waals surface area (Å²) in [6, 6.07) is 4.84. The van der Waals surface area contributed by atoms with Crippen LogP contribution in [0.2, 0.25) is 0 Å². The predicted octanol–water partition coefficient (Wildman–Crippen LogP) is 1.66. The summed E-state index contributed by atoms with van der Waals surface area (Å²) in [6.45, 7) is 2.38. The number of nitrogens with zero attached hydrogens (tertiary/aromatic N) is 4. The minimum Gasteiger partial charge on any atom is -0.383 e. The summed E-state index contributed by atoms with van der Waals surface area (Å²) >= 11 is 0. The van der Waals surface area contributed by atoms with E-state index < -0.39 is 17.6 Å². The van der Waals surface area contributed by atoms with E-state index in [1.54, 1.807) is 4.90 Å². The number of ketones is 1. The molecule has 4 rings (SSSR count). The van der Waals surface area contributed by atoms with Gasteiger partial charge in [-0.1, -0.05) is 19.1 Å². The van der Waals surface area contributed by atoms with Crippen molar-refractivity contribution < 1.29 is 27.6 Å². The Bertz CT molecular complexity index is 1160. The number of amides is 2. The van der Waals surface area contributed by atoms with E-state index in [1.165, 1.54) is 29.2 Å². The molecule has 2 atom stereocenters. The van der Waals surface area contributed by atoms with Crippen LogP contribution in [0.1, 0.15) is 24.5 Å². The maximum absolute atomic E-state index is 13.0. The van der Waals surface area contributed by atoms with Gasteiger partial charge in [-0.05, 0) is 24.1 Å². The van der Waals surface area contributed by atoms with Crippen molar-refractivity contribution in [1.29, 1.82) is 0 Å². The number of carbonyl (C=O) groups excluding carboxylic acids is 3. The first kappa shape index (κ1) is 23.3. The van der Waals surface area contributed by atoms with Crippen LogP contribution in [0.5, 0.6) is 0 Å². The summed E-state index contributed by atoms with van der Waals surface area (Å²) in [5.41, 5.74) is 5.91. The third-order valence-corrected chi connectivity index (χ3v) is 6.04. The van der Waals surface area contributed by atoms with Gasteiger partial charge in [-0.15, -0.1) is 0 Å². The summed E-state index contributed by atoms with van der Waals surface area (Å²) in [4.78, 5) is 39.1. The Kier molecular flexibility index (Phi) is 6.07. The lowest BCUT2D eigenvalue weighted by molar-refractivity contribution is -0.137. The van der Waals surface area contributed by atoms with Crippen molar-refractivity contribution in [3.05, 3.63) is 59.3 Å². The molecule has 0 spiro atoms. The van der Waals surface area contributed by atoms with Crippen LogP contribution in [0, 0.1) is 11.8 Å². The van der Waals surface area contributed by atoms with Gasteiger partial charge in [-0.25, -0.2) is 0 Å². The average molecular weight is 476 g/mol. The number of anilines is 1. The van der Waals surface area contributed by atoms with Gasteiger partial charge in [0, 0.05) is 24.6 Å². The van der Waals surface area contributed by atoms with Gasteiger partial charge >= 0.3 is 6.18 Å². The number of hydrogen-bond donors (Lipinski definition) is 2. The molecule has 1 aliphatic carbocycles. The maximum atomic E-state index is 13.0. The van der Waals surface area contributed by atoms with E-state index in [1.807, 2.05) is 6.92 Å². The van der Waals surface area contributed by atoms with Gasteiger partial charge < -0.3 is 16.0 Å². The van der Waals surface area contributed by atoms with E-state index in [-0.39, 0.29) is 48.0 Å². The number of aromatic nitrogens is 2. The van der Waals surface area contributed by atoms with Crippen LogP contribution in [0.15, 0.2) is 48.2 Å². The molecule has 1 fully saturated rings. The largest absolute Gasteiger partial charge is 0.416 e. The number of alkyl halides is 3. The molecule has 2 amide bonds. The molecule has 2 aliphatic rings. The van der Waals surface area contributed by atoms with Crippen molar-refractivity contribution in [2.45, 2.75) is 26.1 Å². The zero-order chi connectivity index (χ0) is 24.6. The Labute approximate surface area is 193 Å². The fraction of sp³-hybridized carbons (Fsp3) is 0.364. The highest BCUT2D eigenvalue weighted by Crippen LogP contribution is 2.37. The van der Waals surface area contributed by atoms with E-state index in [4.69, 9.17) is 5.73 Å². The van der Waals surface area contributed by atoms with Gasteiger partial charge in [0.05, 0.1) is 30.7 Å². The second-order valence-corrected chi connectivity index (χ2v) is 8.21. The molecule has 0 bridgehead atoms. The number of nitrogens with two attached hydrogens (primary N) is 1. The van der Waals surface area contributed by atoms with Crippen LogP contribution < -0.4 is 16.0 Å². The van der Waals surface area contributed by atoms with Crippen LogP contribution in [0.3, 0.4) is 0 Å². The molecular formula is C22H23F3N6O3. The first-order valence-electron chi connectivity index (χ1n) is 10.6. The van der Waals surface area contributed by atoms with Crippen molar-refractivity contribution in [2.24, 2.45) is 17.6 Å². The molecule has 1 aliphatic heterocycles. The lowest BCUT2D eigenvalue weighted by Gasteiger charge is -2.33. The molecule has 2 unspecified atom stereocenters. The van der Waals surface area contributed by atoms with Crippen LogP contribution >= 0.6 is 0 Å². The average Bonchev–Trinajstić information content (AvgIpc) is 3.17. The summed E-state index contributed by atoms with van der Waals surface area (Å²) in [7, 11) is 0. The minimum atomic E-state index is -4.47. The highest BCUT2D eigenvalue weighted by Gasteiger charge is 2.49. The molecule has 180 valence electrons. The SMILES string of the molecule is CCC1C(=O)C1CN1CNC(=O)C(N(C=O)c2cnn(Cc3cccc(C(F)(F)F)c3)c2)=C1N. The quantitative estimate of drug-likeness (QED) is 0.561. The van der Waals surface area contributed by atoms with Gasteiger partial charge in [0.25, 0.3) is 5.91 Å². The number of carbonyl (C=O) groups is 3. The number of nitrogens with one attached hydrogen (secondary N) is 1. The van der Waals surface area contributed by atoms with E-state index >= 15 is 0 Å². The zero-order valence-electron chi connectivity index (χ0n) is 18.2. The molecule has 0 saturated heterocycles. The summed E-state index contributed by atoms with van der Waals surface area (Å²) in [5, 5.41) is 6.76. The standard InChI is InChI=1S/C22H23F3N6O3/c1-2-16-17(19(16)33)10-29-11-27-21(34)18(20(29)26)31(12-32)15-7-28-30(9-15)8-13-4-3-5-14(6-13)22(23,24)25/h3-7,9,12,16-17H,2,8,10-11,26H2,1H3,(H,27,34). The van der Waals surface area contributed by atoms with Crippen LogP contribution in [-0.2, 0) is 27.1 Å². The highest BCUT2D eigenvalue weighted by molar-refractivity contribution is 6.04. The molecule has 34 heavy (non-hydrogen) atoms. The molecule has 2 aromatic rings. The van der Waals surface area contributed by atoms with Gasteiger partial charge in [0.2, 0.25) is 6.41 Å². The predicted molar refractivity (Wildman–Crippen MR) is 115 cm³/mol. The topological polar surface area (TPSA) is 114 Å². The molecule has 3 N–H and O–H groups in total. The first-order chi connectivity index (χ1) is 16.1. The second kappa shape index (κ2) is 8.84. The molecule has 1 aromatic carbocycles. The van der Waals surface area contributed by atoms with Crippen LogP contribution in [0.25, 0.3) is 0 Å². The molecular weight excluding hydrogens is 453 g/mol. The molecule has 2 heterocycles. The summed E-state index contributed by atoms with van der Waals surface area (Å²) < 4.78 is 40.3. The third-order valence-electron chi connectivity index (χ3n) is 6.04. The lowest BCUT2D eigenvalue weighted by Crippen LogP contribution is -2.51. The number of halogens is 3. The van der Waals surface area contributed by atoms with Gasteiger partial charge in [-0.2, -0.15) is 18.3 Å². The lowest BCUT2D eigenvalue weighted by atomic mass is 10.1. The van der Waals surface area contributed by atoms with Crippen molar-refractivity contribution in [3.63, 3.8) is 0 Å². The smallest absolute Gasteiger partial charge is 0.383 e. The van der Waals surface area contributed by atoms with E-state index in [0.29, 0.717) is 18.5 Å². The fourth-order valence-electron chi connectivity index (χ4n) is 4.13. The van der Waals surface area contributed by atoms with Gasteiger partial charge in [0.15, 0.2) is 5.70 Å². The Morgan fingerprint density at radius 1 is 1.29 bits per heavy atom. The number of hydrogen-bond acceptors (Lipinski definition) is 6. The maximum Gasteiger partial charge on any atom is 0.416 e. The van der Waals surface area contributed by atoms with Gasteiger partial charge in [0.1, 0.15) is 11.6 Å². The highest BCUT2D eigenvalue weighted by atomic mass is 19.4. The fourth-order valence-corrected chi connectivity index (χ4v) is 4.13. The van der Waals surface area contributed by atoms with Gasteiger partial charge in [-0.3, -0.25) is 24.0 Å². The van der Waals surface area contributed by atoms with Crippen molar-refractivity contribution in [3.8, 4) is 0 Å². The normalized spacial score (nSPS) is 20.4. The Balaban J connectivity index is 1.55. The van der Waals surface area contributed by atoms with Crippen molar-refractivity contribution in [1.82, 2.24) is 20.0 Å². The Morgan fingerprint density at radius 3 is 2.71 bits per heavy atom. The van der Waals surface area contributed by atoms with E-state index in [9.17, 15) is 27.6 Å². The third kappa shape index (κ3) is 4.47. The van der Waals surface area contributed by atoms with E-state index in [2.05, 4.69) is 10.4 Å². The van der Waals surface area contributed by atoms with E-state index in [0.717, 1.165) is 23.5 Å². The molecule has 9 nitrogen and oxygen atoms in total. The summed E-state index contributed by atoms with van der Waals surface area (Å²) in [5.74, 6) is -0.557. The number of benzene rings is 1. The Hall–Kier alpha value is -3.83. The summed E-state index contributed by atoms with van der Waals surface area (Å²) in [6.07, 6.45) is -0.587. The van der Waals surface area contributed by atoms with Crippen LogP contribution in [0.4, 0.5) is 18.9 Å². The monoisotopic (exact) mass is 476 g/mol. The molecule has 12 heteroatoms. The number of Topliss-reactive ketones (excluding diaryl/α,β-unsaturated/α-hetero) is 1. The Morgan fingerprint density at radius 2 is 2.06 bits per heavy atom. The molecule has 1 aromatic heterocycles. The second-order valence-electron chi connectivity index (χ2n) is 8.21.